The first kappa shape index (κ1) is 17.0. The predicted molar refractivity (Wildman–Crippen MR) is 105 cm³/mol. The highest BCUT2D eigenvalue weighted by atomic mass is 32.1. The number of thiazole rings is 1. The minimum Gasteiger partial charge on any atom is -0.342 e. The van der Waals surface area contributed by atoms with Crippen molar-refractivity contribution in [3.8, 4) is 11.3 Å². The number of aromatic nitrogens is 2. The zero-order valence-corrected chi connectivity index (χ0v) is 15.6. The summed E-state index contributed by atoms with van der Waals surface area (Å²) >= 11 is 0.997. The minimum absolute atomic E-state index is 0.0349. The fraction of sp³-hybridized carbons (Fsp3) is 0.105. The number of benzene rings is 2. The number of nitrogens with zero attached hydrogens (tertiary/aromatic N) is 5. The summed E-state index contributed by atoms with van der Waals surface area (Å²) in [5, 5.41) is 21.3. The molecular weight excluding hydrogens is 362 g/mol. The lowest BCUT2D eigenvalue weighted by molar-refractivity contribution is -0.656. The molecule has 4 aromatic rings. The average Bonchev–Trinajstić information content (AvgIpc) is 3.19. The normalized spacial score (nSPS) is 11.5. The lowest BCUT2D eigenvalue weighted by Crippen LogP contribution is -2.23. The van der Waals surface area contributed by atoms with Gasteiger partial charge in [-0.05, 0) is 11.2 Å². The van der Waals surface area contributed by atoms with E-state index >= 15 is 0 Å². The van der Waals surface area contributed by atoms with Gasteiger partial charge in [0.25, 0.3) is 0 Å². The molecule has 0 radical (unpaired) electrons. The Morgan fingerprint density at radius 1 is 1.07 bits per heavy atom. The molecule has 0 amide bonds. The van der Waals surface area contributed by atoms with Crippen LogP contribution in [-0.2, 0) is 14.1 Å². The van der Waals surface area contributed by atoms with Gasteiger partial charge in [0.15, 0.2) is 6.20 Å². The number of hydrogen-bond donors (Lipinski definition) is 0. The number of para-hydroxylation sites is 1. The largest absolute Gasteiger partial charge is 0.414 e. The summed E-state index contributed by atoms with van der Waals surface area (Å²) in [6.45, 7) is 0. The van der Waals surface area contributed by atoms with Crippen molar-refractivity contribution in [1.82, 2.24) is 4.57 Å². The third-order valence-corrected chi connectivity index (χ3v) is 5.36. The zero-order chi connectivity index (χ0) is 19.0. The van der Waals surface area contributed by atoms with Crippen LogP contribution in [-0.4, -0.2) is 9.49 Å². The summed E-state index contributed by atoms with van der Waals surface area (Å²) in [5.41, 5.74) is 3.78. The van der Waals surface area contributed by atoms with Gasteiger partial charge in [-0.15, -0.1) is 0 Å². The van der Waals surface area contributed by atoms with E-state index in [1.165, 1.54) is 6.20 Å². The van der Waals surface area contributed by atoms with Crippen molar-refractivity contribution in [2.75, 3.05) is 0 Å². The van der Waals surface area contributed by atoms with Gasteiger partial charge in [0, 0.05) is 29.3 Å². The van der Waals surface area contributed by atoms with Crippen LogP contribution < -0.4 is 4.57 Å². The van der Waals surface area contributed by atoms with E-state index in [1.807, 2.05) is 61.6 Å². The molecule has 0 atom stereocenters. The van der Waals surface area contributed by atoms with E-state index in [0.29, 0.717) is 5.13 Å². The summed E-state index contributed by atoms with van der Waals surface area (Å²) < 4.78 is 3.70. The fourth-order valence-electron chi connectivity index (χ4n) is 3.08. The molecule has 7 nitrogen and oxygen atoms in total. The standard InChI is InChI=1S/C19H16N5O2S/c1-22-12-16(24(25)26)27-19(22)21-20-17-14-10-6-7-11-15(14)23(2)18(17)13-8-4-3-5-9-13/h3-12H,1-2H3/q+1. The number of rotatable bonds is 4. The maximum atomic E-state index is 11.0. The number of fused-ring (bicyclic) bond motifs is 1. The molecule has 27 heavy (non-hydrogen) atoms. The molecule has 134 valence electrons. The molecule has 8 heteroatoms. The highest BCUT2D eigenvalue weighted by Gasteiger charge is 2.23. The molecule has 0 fully saturated rings. The van der Waals surface area contributed by atoms with Crippen LogP contribution in [0.2, 0.25) is 0 Å². The van der Waals surface area contributed by atoms with Crippen molar-refractivity contribution < 1.29 is 9.49 Å². The summed E-state index contributed by atoms with van der Waals surface area (Å²) in [6, 6.07) is 18.0. The van der Waals surface area contributed by atoms with E-state index in [0.717, 1.165) is 39.2 Å². The fourth-order valence-corrected chi connectivity index (χ4v) is 3.83. The number of aryl methyl sites for hydroxylation is 2. The number of hydrogen-bond acceptors (Lipinski definition) is 5. The van der Waals surface area contributed by atoms with Crippen molar-refractivity contribution in [2.24, 2.45) is 24.3 Å². The van der Waals surface area contributed by atoms with E-state index in [-0.39, 0.29) is 5.00 Å². The van der Waals surface area contributed by atoms with Crippen LogP contribution in [0.5, 0.6) is 0 Å². The minimum atomic E-state index is -0.420. The van der Waals surface area contributed by atoms with Gasteiger partial charge in [-0.2, -0.15) is 0 Å². The molecule has 0 N–H and O–H groups in total. The number of azo groups is 1. The highest BCUT2D eigenvalue weighted by Crippen LogP contribution is 2.40. The van der Waals surface area contributed by atoms with Gasteiger partial charge in [0.1, 0.15) is 5.69 Å². The van der Waals surface area contributed by atoms with Gasteiger partial charge in [-0.1, -0.05) is 48.5 Å². The Kier molecular flexibility index (Phi) is 4.25. The predicted octanol–water partition coefficient (Wildman–Crippen LogP) is 5.05. The maximum Gasteiger partial charge on any atom is 0.414 e. The van der Waals surface area contributed by atoms with Crippen LogP contribution in [0.3, 0.4) is 0 Å². The third-order valence-electron chi connectivity index (χ3n) is 4.34. The van der Waals surface area contributed by atoms with Crippen molar-refractivity contribution in [1.29, 1.82) is 0 Å². The van der Waals surface area contributed by atoms with Crippen LogP contribution in [0.15, 0.2) is 71.0 Å². The molecule has 2 heterocycles. The lowest BCUT2D eigenvalue weighted by atomic mass is 10.1. The van der Waals surface area contributed by atoms with E-state index in [2.05, 4.69) is 14.8 Å². The van der Waals surface area contributed by atoms with Gasteiger partial charge < -0.3 is 4.57 Å². The Bertz CT molecular complexity index is 1180. The molecular formula is C19H16N5O2S+. The Labute approximate surface area is 159 Å². The van der Waals surface area contributed by atoms with Crippen molar-refractivity contribution in [3.05, 3.63) is 70.9 Å². The van der Waals surface area contributed by atoms with Crippen molar-refractivity contribution in [2.45, 2.75) is 0 Å². The molecule has 0 saturated heterocycles. The lowest BCUT2D eigenvalue weighted by Gasteiger charge is -2.04. The van der Waals surface area contributed by atoms with E-state index in [1.54, 1.807) is 11.6 Å². The molecule has 0 saturated carbocycles. The Hall–Kier alpha value is -3.39. The topological polar surface area (TPSA) is 76.7 Å². The van der Waals surface area contributed by atoms with Crippen molar-refractivity contribution in [3.63, 3.8) is 0 Å². The van der Waals surface area contributed by atoms with Crippen molar-refractivity contribution >= 4 is 38.1 Å². The molecule has 4 rings (SSSR count). The Morgan fingerprint density at radius 2 is 1.78 bits per heavy atom. The highest BCUT2D eigenvalue weighted by molar-refractivity contribution is 7.17. The summed E-state index contributed by atoms with van der Waals surface area (Å²) in [5.74, 6) is 0. The Morgan fingerprint density at radius 3 is 2.48 bits per heavy atom. The number of nitro groups is 1. The van der Waals surface area contributed by atoms with E-state index in [4.69, 9.17) is 0 Å². The van der Waals surface area contributed by atoms with Crippen LogP contribution in [0, 0.1) is 10.1 Å². The third kappa shape index (κ3) is 3.00. The summed E-state index contributed by atoms with van der Waals surface area (Å²) in [4.78, 5) is 10.6. The van der Waals surface area contributed by atoms with Gasteiger partial charge in [0.2, 0.25) is 0 Å². The van der Waals surface area contributed by atoms with E-state index < -0.39 is 4.92 Å². The quantitative estimate of drug-likeness (QED) is 0.215. The molecule has 0 aliphatic heterocycles. The van der Waals surface area contributed by atoms with E-state index in [9.17, 15) is 10.1 Å². The van der Waals surface area contributed by atoms with Crippen LogP contribution in [0.1, 0.15) is 0 Å². The van der Waals surface area contributed by atoms with Crippen LogP contribution in [0.4, 0.5) is 15.8 Å². The first-order valence-corrected chi connectivity index (χ1v) is 9.06. The SMILES string of the molecule is Cn1c(-c2ccccc2)c(N=Nc2sc([N+](=O)[O-])c[n+]2C)c2ccccc21. The molecule has 0 spiro atoms. The maximum absolute atomic E-state index is 11.0. The first-order chi connectivity index (χ1) is 13.1. The van der Waals surface area contributed by atoms with Crippen LogP contribution >= 0.6 is 11.3 Å². The first-order valence-electron chi connectivity index (χ1n) is 8.24. The summed E-state index contributed by atoms with van der Waals surface area (Å²) in [6.07, 6.45) is 1.44. The second-order valence-electron chi connectivity index (χ2n) is 6.06. The van der Waals surface area contributed by atoms with Gasteiger partial charge >= 0.3 is 10.1 Å². The van der Waals surface area contributed by atoms with Gasteiger partial charge in [-0.25, -0.2) is 4.57 Å². The molecule has 0 unspecified atom stereocenters. The van der Waals surface area contributed by atoms with Gasteiger partial charge in [-0.3, -0.25) is 10.1 Å². The summed E-state index contributed by atoms with van der Waals surface area (Å²) in [7, 11) is 3.72. The second kappa shape index (κ2) is 6.73. The Balaban J connectivity index is 1.90. The second-order valence-corrected chi connectivity index (χ2v) is 7.05. The molecule has 2 aromatic carbocycles. The molecule has 0 aliphatic rings. The van der Waals surface area contributed by atoms with Gasteiger partial charge in [0.05, 0.1) is 28.3 Å². The molecule has 0 bridgehead atoms. The zero-order valence-electron chi connectivity index (χ0n) is 14.7. The van der Waals surface area contributed by atoms with Crippen LogP contribution in [0.25, 0.3) is 22.2 Å². The smallest absolute Gasteiger partial charge is 0.342 e. The average molecular weight is 378 g/mol. The molecule has 2 aromatic heterocycles. The molecule has 0 aliphatic carbocycles. The monoisotopic (exact) mass is 378 g/mol.